The van der Waals surface area contributed by atoms with Gasteiger partial charge >= 0.3 is 0 Å². The van der Waals surface area contributed by atoms with E-state index in [1.807, 2.05) is 19.0 Å². The molecule has 0 aromatic heterocycles. The predicted molar refractivity (Wildman–Crippen MR) is 89.7 cm³/mol. The SMILES string of the molecule is CCNC(=NCc1ccccc1CC)N(C)C.I. The highest BCUT2D eigenvalue weighted by molar-refractivity contribution is 14.0. The number of halogens is 1. The average Bonchev–Trinajstić information content (AvgIpc) is 2.34. The van der Waals surface area contributed by atoms with Gasteiger partial charge in [0.2, 0.25) is 0 Å². The normalized spacial score (nSPS) is 10.8. The molecule has 0 fully saturated rings. The fourth-order valence-corrected chi connectivity index (χ4v) is 1.73. The number of nitrogens with zero attached hydrogens (tertiary/aromatic N) is 2. The fourth-order valence-electron chi connectivity index (χ4n) is 1.73. The van der Waals surface area contributed by atoms with Gasteiger partial charge in [0.25, 0.3) is 0 Å². The molecule has 1 aromatic rings. The minimum Gasteiger partial charge on any atom is -0.357 e. The van der Waals surface area contributed by atoms with Crippen molar-refractivity contribution in [3.63, 3.8) is 0 Å². The average molecular weight is 361 g/mol. The van der Waals surface area contributed by atoms with Crippen LogP contribution in [0.2, 0.25) is 0 Å². The largest absolute Gasteiger partial charge is 0.357 e. The molecule has 0 bridgehead atoms. The molecular weight excluding hydrogens is 337 g/mol. The molecule has 1 aromatic carbocycles. The van der Waals surface area contributed by atoms with Crippen LogP contribution in [0.3, 0.4) is 0 Å². The standard InChI is InChI=1S/C14H23N3.HI/c1-5-12-9-7-8-10-13(12)11-16-14(15-6-2)17(3)4;/h7-10H,5-6,11H2,1-4H3,(H,15,16);1H. The zero-order chi connectivity index (χ0) is 12.7. The number of guanidine groups is 1. The van der Waals surface area contributed by atoms with Gasteiger partial charge in [0.1, 0.15) is 0 Å². The van der Waals surface area contributed by atoms with Crippen molar-refractivity contribution in [2.24, 2.45) is 4.99 Å². The molecular formula is C14H24IN3. The summed E-state index contributed by atoms with van der Waals surface area (Å²) in [6.45, 7) is 5.90. The summed E-state index contributed by atoms with van der Waals surface area (Å²) in [7, 11) is 4.01. The van der Waals surface area contributed by atoms with Crippen LogP contribution in [0.1, 0.15) is 25.0 Å². The zero-order valence-corrected chi connectivity index (χ0v) is 14.1. The van der Waals surface area contributed by atoms with Crippen LogP contribution in [0.5, 0.6) is 0 Å². The van der Waals surface area contributed by atoms with Crippen molar-refractivity contribution in [2.75, 3.05) is 20.6 Å². The van der Waals surface area contributed by atoms with Crippen molar-refractivity contribution in [2.45, 2.75) is 26.8 Å². The first-order chi connectivity index (χ1) is 8.19. The second-order valence-corrected chi connectivity index (χ2v) is 4.19. The van der Waals surface area contributed by atoms with Gasteiger partial charge in [0.05, 0.1) is 6.54 Å². The van der Waals surface area contributed by atoms with Crippen molar-refractivity contribution < 1.29 is 0 Å². The Hall–Kier alpha value is -0.780. The Morgan fingerprint density at radius 2 is 1.78 bits per heavy atom. The van der Waals surface area contributed by atoms with E-state index in [0.717, 1.165) is 25.5 Å². The summed E-state index contributed by atoms with van der Waals surface area (Å²) in [4.78, 5) is 6.64. The van der Waals surface area contributed by atoms with Gasteiger partial charge in [-0.15, -0.1) is 24.0 Å². The summed E-state index contributed by atoms with van der Waals surface area (Å²) >= 11 is 0. The lowest BCUT2D eigenvalue weighted by Gasteiger charge is -2.16. The quantitative estimate of drug-likeness (QED) is 0.507. The maximum atomic E-state index is 4.62. The number of hydrogen-bond acceptors (Lipinski definition) is 1. The van der Waals surface area contributed by atoms with Crippen molar-refractivity contribution in [3.8, 4) is 0 Å². The molecule has 102 valence electrons. The summed E-state index contributed by atoms with van der Waals surface area (Å²) in [6, 6.07) is 8.49. The molecule has 0 aliphatic carbocycles. The van der Waals surface area contributed by atoms with Crippen LogP contribution in [0.25, 0.3) is 0 Å². The third-order valence-electron chi connectivity index (χ3n) is 2.66. The molecule has 0 saturated carbocycles. The van der Waals surface area contributed by atoms with E-state index in [-0.39, 0.29) is 24.0 Å². The number of nitrogens with one attached hydrogen (secondary N) is 1. The van der Waals surface area contributed by atoms with E-state index in [0.29, 0.717) is 0 Å². The lowest BCUT2D eigenvalue weighted by atomic mass is 10.1. The molecule has 3 nitrogen and oxygen atoms in total. The number of benzene rings is 1. The van der Waals surface area contributed by atoms with E-state index in [1.54, 1.807) is 0 Å². The first-order valence-electron chi connectivity index (χ1n) is 6.21. The van der Waals surface area contributed by atoms with Crippen molar-refractivity contribution >= 4 is 29.9 Å². The Bertz CT molecular complexity index is 375. The highest BCUT2D eigenvalue weighted by Crippen LogP contribution is 2.10. The summed E-state index contributed by atoms with van der Waals surface area (Å²) < 4.78 is 0. The minimum atomic E-state index is 0. The van der Waals surface area contributed by atoms with Crippen molar-refractivity contribution in [1.82, 2.24) is 10.2 Å². The second kappa shape index (κ2) is 9.19. The Kier molecular flexibility index (Phi) is 8.79. The van der Waals surface area contributed by atoms with E-state index in [2.05, 4.69) is 48.4 Å². The second-order valence-electron chi connectivity index (χ2n) is 4.19. The smallest absolute Gasteiger partial charge is 0.193 e. The van der Waals surface area contributed by atoms with Gasteiger partial charge in [0, 0.05) is 20.6 Å². The first kappa shape index (κ1) is 17.2. The predicted octanol–water partition coefficient (Wildman–Crippen LogP) is 2.89. The molecule has 0 saturated heterocycles. The van der Waals surface area contributed by atoms with Gasteiger partial charge in [-0.05, 0) is 24.5 Å². The van der Waals surface area contributed by atoms with Gasteiger partial charge in [0.15, 0.2) is 5.96 Å². The molecule has 0 heterocycles. The third-order valence-corrected chi connectivity index (χ3v) is 2.66. The third kappa shape index (κ3) is 5.25. The van der Waals surface area contributed by atoms with E-state index < -0.39 is 0 Å². The summed E-state index contributed by atoms with van der Waals surface area (Å²) in [5.41, 5.74) is 2.69. The van der Waals surface area contributed by atoms with Crippen LogP contribution in [-0.2, 0) is 13.0 Å². The highest BCUT2D eigenvalue weighted by Gasteiger charge is 2.01. The summed E-state index contributed by atoms with van der Waals surface area (Å²) in [5, 5.41) is 3.27. The lowest BCUT2D eigenvalue weighted by molar-refractivity contribution is 0.583. The molecule has 1 rings (SSSR count). The minimum absolute atomic E-state index is 0. The molecule has 1 N–H and O–H groups in total. The van der Waals surface area contributed by atoms with Gasteiger partial charge in [-0.3, -0.25) is 0 Å². The summed E-state index contributed by atoms with van der Waals surface area (Å²) in [6.07, 6.45) is 1.06. The van der Waals surface area contributed by atoms with E-state index in [4.69, 9.17) is 0 Å². The van der Waals surface area contributed by atoms with Gasteiger partial charge in [-0.25, -0.2) is 4.99 Å². The Labute approximate surface area is 128 Å². The number of rotatable bonds is 4. The number of aryl methyl sites for hydroxylation is 1. The molecule has 0 unspecified atom stereocenters. The van der Waals surface area contributed by atoms with E-state index in [1.165, 1.54) is 11.1 Å². The monoisotopic (exact) mass is 361 g/mol. The maximum Gasteiger partial charge on any atom is 0.193 e. The molecule has 18 heavy (non-hydrogen) atoms. The Balaban J connectivity index is 0.00000289. The molecule has 0 radical (unpaired) electrons. The van der Waals surface area contributed by atoms with Gasteiger partial charge < -0.3 is 10.2 Å². The van der Waals surface area contributed by atoms with Crippen LogP contribution in [-0.4, -0.2) is 31.5 Å². The molecule has 0 aliphatic rings. The van der Waals surface area contributed by atoms with E-state index >= 15 is 0 Å². The Morgan fingerprint density at radius 1 is 1.17 bits per heavy atom. The maximum absolute atomic E-state index is 4.62. The van der Waals surface area contributed by atoms with E-state index in [9.17, 15) is 0 Å². The van der Waals surface area contributed by atoms with Crippen LogP contribution in [0.15, 0.2) is 29.3 Å². The molecule has 4 heteroatoms. The number of aliphatic imine (C=N–C) groups is 1. The summed E-state index contributed by atoms with van der Waals surface area (Å²) in [5.74, 6) is 0.943. The van der Waals surface area contributed by atoms with Crippen LogP contribution in [0.4, 0.5) is 0 Å². The van der Waals surface area contributed by atoms with Crippen molar-refractivity contribution in [3.05, 3.63) is 35.4 Å². The van der Waals surface area contributed by atoms with Crippen LogP contribution >= 0.6 is 24.0 Å². The van der Waals surface area contributed by atoms with Gasteiger partial charge in [-0.1, -0.05) is 31.2 Å². The molecule has 0 amide bonds. The van der Waals surface area contributed by atoms with Crippen LogP contribution in [0, 0.1) is 0 Å². The first-order valence-corrected chi connectivity index (χ1v) is 6.21. The topological polar surface area (TPSA) is 27.6 Å². The lowest BCUT2D eigenvalue weighted by Crippen LogP contribution is -2.36. The highest BCUT2D eigenvalue weighted by atomic mass is 127. The zero-order valence-electron chi connectivity index (χ0n) is 11.7. The van der Waals surface area contributed by atoms with Crippen molar-refractivity contribution in [1.29, 1.82) is 0 Å². The molecule has 0 aliphatic heterocycles. The molecule has 0 atom stereocenters. The Morgan fingerprint density at radius 3 is 2.28 bits per heavy atom. The van der Waals surface area contributed by atoms with Gasteiger partial charge in [-0.2, -0.15) is 0 Å². The molecule has 0 spiro atoms. The van der Waals surface area contributed by atoms with Crippen LogP contribution < -0.4 is 5.32 Å². The fraction of sp³-hybridized carbons (Fsp3) is 0.500. The number of hydrogen-bond donors (Lipinski definition) is 1.